The topological polar surface area (TPSA) is 66.1 Å². The van der Waals surface area contributed by atoms with E-state index in [2.05, 4.69) is 96.1 Å². The first-order chi connectivity index (χ1) is 23.0. The van der Waals surface area contributed by atoms with Crippen LogP contribution in [0.25, 0.3) is 28.0 Å². The van der Waals surface area contributed by atoms with Crippen LogP contribution >= 0.6 is 0 Å². The Bertz CT molecular complexity index is 2100. The third-order valence-corrected chi connectivity index (χ3v) is 8.27. The summed E-state index contributed by atoms with van der Waals surface area (Å²) in [4.78, 5) is 0. The molecule has 2 aromatic heterocycles. The lowest BCUT2D eigenvalue weighted by Crippen LogP contribution is -2.07. The summed E-state index contributed by atoms with van der Waals surface area (Å²) in [7, 11) is 2.06. The van der Waals surface area contributed by atoms with Crippen molar-refractivity contribution in [3.05, 3.63) is 150 Å². The molecule has 2 heterocycles. The van der Waals surface area contributed by atoms with E-state index in [4.69, 9.17) is 19.7 Å². The van der Waals surface area contributed by atoms with Crippen LogP contribution in [0.15, 0.2) is 134 Å². The second kappa shape index (κ2) is 13.3. The second-order valence-corrected chi connectivity index (χ2v) is 11.9. The smallest absolute Gasteiger partial charge is 0.234 e. The Morgan fingerprint density at radius 1 is 0.681 bits per heavy atom. The summed E-state index contributed by atoms with van der Waals surface area (Å²) in [5.41, 5.74) is 7.07. The van der Waals surface area contributed by atoms with Crippen LogP contribution in [0.1, 0.15) is 36.5 Å². The van der Waals surface area contributed by atoms with Gasteiger partial charge in [0, 0.05) is 35.9 Å². The minimum atomic E-state index is 0.182. The highest BCUT2D eigenvalue weighted by molar-refractivity contribution is 5.83. The van der Waals surface area contributed by atoms with Gasteiger partial charge >= 0.3 is 0 Å². The van der Waals surface area contributed by atoms with Crippen LogP contribution in [-0.4, -0.2) is 19.3 Å². The fourth-order valence-corrected chi connectivity index (χ4v) is 5.76. The molecule has 0 atom stereocenters. The fraction of sp³-hybridized carbons (Fsp3) is 0.150. The first kappa shape index (κ1) is 29.9. The summed E-state index contributed by atoms with van der Waals surface area (Å²) in [6.45, 7) is 5.20. The maximum atomic E-state index is 6.61. The number of para-hydroxylation sites is 1. The molecule has 0 bridgehead atoms. The Balaban J connectivity index is 1.38. The molecule has 47 heavy (non-hydrogen) atoms. The monoisotopic (exact) mass is 619 g/mol. The first-order valence-electron chi connectivity index (χ1n) is 15.9. The Morgan fingerprint density at radius 3 is 1.98 bits per heavy atom. The van der Waals surface area contributed by atoms with E-state index in [0.29, 0.717) is 30.7 Å². The number of anilines is 2. The maximum absolute atomic E-state index is 6.61. The minimum absolute atomic E-state index is 0.182. The lowest BCUT2D eigenvalue weighted by atomic mass is 9.98. The molecule has 1 N–H and O–H groups in total. The number of nitrogens with one attached hydrogen (secondary N) is 1. The van der Waals surface area contributed by atoms with Gasteiger partial charge in [-0.05, 0) is 65.1 Å². The number of rotatable bonds is 11. The number of fused-ring (bicyclic) bond motifs is 1. The van der Waals surface area contributed by atoms with E-state index >= 15 is 0 Å². The summed E-state index contributed by atoms with van der Waals surface area (Å²) in [5, 5.41) is 14.1. The lowest BCUT2D eigenvalue weighted by molar-refractivity contribution is 0.288. The molecule has 234 valence electrons. The van der Waals surface area contributed by atoms with Crippen molar-refractivity contribution in [1.29, 1.82) is 0 Å². The van der Waals surface area contributed by atoms with Gasteiger partial charge in [-0.3, -0.25) is 4.57 Å². The van der Waals surface area contributed by atoms with Crippen LogP contribution < -0.4 is 14.8 Å². The van der Waals surface area contributed by atoms with E-state index in [1.165, 1.54) is 0 Å². The molecule has 0 unspecified atom stereocenters. The van der Waals surface area contributed by atoms with E-state index in [0.717, 1.165) is 50.3 Å². The molecule has 0 amide bonds. The van der Waals surface area contributed by atoms with Gasteiger partial charge in [0.05, 0.1) is 11.3 Å². The number of aryl methyl sites for hydroxylation is 1. The predicted octanol–water partition coefficient (Wildman–Crippen LogP) is 9.45. The SMILES string of the molecule is CC(C)c1cc(-c2nnc(Nc3ccccc3)n2-c2ccc3c(ccn3C)c2)c(OCc2ccccc2)cc1OCc1ccccc1. The summed E-state index contributed by atoms with van der Waals surface area (Å²) in [6.07, 6.45) is 2.07. The number of hydrogen-bond acceptors (Lipinski definition) is 5. The molecular formula is C40H37N5O2. The highest BCUT2D eigenvalue weighted by atomic mass is 16.5. The van der Waals surface area contributed by atoms with E-state index in [1.54, 1.807) is 0 Å². The van der Waals surface area contributed by atoms with E-state index < -0.39 is 0 Å². The lowest BCUT2D eigenvalue weighted by Gasteiger charge is -2.20. The van der Waals surface area contributed by atoms with Gasteiger partial charge in [0.25, 0.3) is 0 Å². The van der Waals surface area contributed by atoms with Crippen LogP contribution in [0.3, 0.4) is 0 Å². The molecule has 0 fully saturated rings. The quantitative estimate of drug-likeness (QED) is 0.156. The molecule has 0 saturated heterocycles. The van der Waals surface area contributed by atoms with Gasteiger partial charge in [0.1, 0.15) is 24.7 Å². The third kappa shape index (κ3) is 6.47. The van der Waals surface area contributed by atoms with Crippen molar-refractivity contribution >= 4 is 22.5 Å². The number of aromatic nitrogens is 4. The van der Waals surface area contributed by atoms with Gasteiger partial charge < -0.3 is 19.4 Å². The van der Waals surface area contributed by atoms with Gasteiger partial charge in [-0.15, -0.1) is 10.2 Å². The number of nitrogens with zero attached hydrogens (tertiary/aromatic N) is 4. The Kier molecular flexibility index (Phi) is 8.43. The van der Waals surface area contributed by atoms with Gasteiger partial charge in [-0.1, -0.05) is 92.7 Å². The van der Waals surface area contributed by atoms with Gasteiger partial charge in [-0.25, -0.2) is 0 Å². The number of benzene rings is 5. The summed E-state index contributed by atoms with van der Waals surface area (Å²) < 4.78 is 17.3. The maximum Gasteiger partial charge on any atom is 0.234 e. The van der Waals surface area contributed by atoms with Crippen molar-refractivity contribution in [2.75, 3.05) is 5.32 Å². The molecule has 0 saturated carbocycles. The molecule has 0 aliphatic rings. The average molecular weight is 620 g/mol. The molecule has 5 aromatic carbocycles. The Morgan fingerprint density at radius 2 is 1.32 bits per heavy atom. The van der Waals surface area contributed by atoms with Gasteiger partial charge in [-0.2, -0.15) is 0 Å². The van der Waals surface area contributed by atoms with E-state index in [1.807, 2.05) is 72.8 Å². The normalized spacial score (nSPS) is 11.2. The zero-order valence-electron chi connectivity index (χ0n) is 26.8. The number of ether oxygens (including phenoxy) is 2. The third-order valence-electron chi connectivity index (χ3n) is 8.27. The Hall–Kier alpha value is -5.82. The molecule has 0 spiro atoms. The Labute approximate surface area is 275 Å². The highest BCUT2D eigenvalue weighted by Crippen LogP contribution is 2.41. The minimum Gasteiger partial charge on any atom is -0.488 e. The molecule has 0 aliphatic heterocycles. The largest absolute Gasteiger partial charge is 0.488 e. The highest BCUT2D eigenvalue weighted by Gasteiger charge is 2.23. The molecule has 7 heteroatoms. The first-order valence-corrected chi connectivity index (χ1v) is 15.9. The van der Waals surface area contributed by atoms with Crippen LogP contribution in [0.4, 0.5) is 11.6 Å². The van der Waals surface area contributed by atoms with Crippen molar-refractivity contribution in [3.63, 3.8) is 0 Å². The molecule has 0 radical (unpaired) electrons. The van der Waals surface area contributed by atoms with Gasteiger partial charge in [0.2, 0.25) is 5.95 Å². The standard InChI is InChI=1S/C40H37N5O2/c1-28(2)34-24-35(38(47-27-30-15-9-5-10-16-30)25-37(34)46-26-29-13-7-4-8-14-29)39-42-43-40(41-32-17-11-6-12-18-32)45(39)33-19-20-36-31(23-33)21-22-44(36)3/h4-25,28H,26-27H2,1-3H3,(H,41,43). The molecular weight excluding hydrogens is 582 g/mol. The van der Waals surface area contributed by atoms with Crippen molar-refractivity contribution < 1.29 is 9.47 Å². The average Bonchev–Trinajstić information content (AvgIpc) is 3.70. The molecule has 7 nitrogen and oxygen atoms in total. The fourth-order valence-electron chi connectivity index (χ4n) is 5.76. The zero-order valence-corrected chi connectivity index (χ0v) is 26.8. The summed E-state index contributed by atoms with van der Waals surface area (Å²) in [5.74, 6) is 2.91. The zero-order chi connectivity index (χ0) is 32.2. The molecule has 7 aromatic rings. The van der Waals surface area contributed by atoms with Crippen molar-refractivity contribution in [2.24, 2.45) is 7.05 Å². The van der Waals surface area contributed by atoms with Crippen LogP contribution in [0.5, 0.6) is 11.5 Å². The summed E-state index contributed by atoms with van der Waals surface area (Å²) in [6, 6.07) is 43.1. The summed E-state index contributed by atoms with van der Waals surface area (Å²) >= 11 is 0. The van der Waals surface area contributed by atoms with Crippen molar-refractivity contribution in [1.82, 2.24) is 19.3 Å². The number of hydrogen-bond donors (Lipinski definition) is 1. The van der Waals surface area contributed by atoms with E-state index in [9.17, 15) is 0 Å². The van der Waals surface area contributed by atoms with E-state index in [-0.39, 0.29) is 5.92 Å². The second-order valence-electron chi connectivity index (χ2n) is 11.9. The molecule has 0 aliphatic carbocycles. The van der Waals surface area contributed by atoms with Gasteiger partial charge in [0.15, 0.2) is 5.82 Å². The predicted molar refractivity (Wildman–Crippen MR) is 189 cm³/mol. The van der Waals surface area contributed by atoms with Crippen LogP contribution in [0, 0.1) is 0 Å². The van der Waals surface area contributed by atoms with Crippen LogP contribution in [-0.2, 0) is 20.3 Å². The van der Waals surface area contributed by atoms with Crippen LogP contribution in [0.2, 0.25) is 0 Å². The molecule has 7 rings (SSSR count). The van der Waals surface area contributed by atoms with Crippen molar-refractivity contribution in [3.8, 4) is 28.6 Å². The van der Waals surface area contributed by atoms with Crippen molar-refractivity contribution in [2.45, 2.75) is 33.0 Å².